The standard InChI is InChI=1S/C12H15N5/c1-2-9-5-14-4-3-11(9)12(17-13)10-6-15-8-16-7-10/h3-8,12,17H,2,13H2,1H3. The fourth-order valence-electron chi connectivity index (χ4n) is 1.84. The van der Waals surface area contributed by atoms with E-state index in [0.717, 1.165) is 17.5 Å². The van der Waals surface area contributed by atoms with Crippen molar-refractivity contribution in [3.63, 3.8) is 0 Å². The molecule has 0 saturated heterocycles. The summed E-state index contributed by atoms with van der Waals surface area (Å²) < 4.78 is 0. The molecule has 5 nitrogen and oxygen atoms in total. The normalized spacial score (nSPS) is 12.4. The number of pyridine rings is 1. The zero-order chi connectivity index (χ0) is 12.1. The first-order chi connectivity index (χ1) is 8.36. The summed E-state index contributed by atoms with van der Waals surface area (Å²) in [6.07, 6.45) is 9.57. The summed E-state index contributed by atoms with van der Waals surface area (Å²) in [5.41, 5.74) is 6.02. The molecule has 3 N–H and O–H groups in total. The number of nitrogens with two attached hydrogens (primary N) is 1. The monoisotopic (exact) mass is 229 g/mol. The van der Waals surface area contributed by atoms with Crippen molar-refractivity contribution in [3.8, 4) is 0 Å². The van der Waals surface area contributed by atoms with Crippen LogP contribution in [-0.2, 0) is 6.42 Å². The molecular formula is C12H15N5. The van der Waals surface area contributed by atoms with Crippen molar-refractivity contribution < 1.29 is 0 Å². The summed E-state index contributed by atoms with van der Waals surface area (Å²) in [6.45, 7) is 2.09. The molecule has 0 saturated carbocycles. The topological polar surface area (TPSA) is 76.7 Å². The number of nitrogens with one attached hydrogen (secondary N) is 1. The van der Waals surface area contributed by atoms with E-state index in [-0.39, 0.29) is 6.04 Å². The van der Waals surface area contributed by atoms with Crippen LogP contribution in [0.5, 0.6) is 0 Å². The molecule has 0 amide bonds. The lowest BCUT2D eigenvalue weighted by molar-refractivity contribution is 0.625. The van der Waals surface area contributed by atoms with Gasteiger partial charge in [0.05, 0.1) is 6.04 Å². The van der Waals surface area contributed by atoms with E-state index in [9.17, 15) is 0 Å². The van der Waals surface area contributed by atoms with Gasteiger partial charge in [-0.25, -0.2) is 15.4 Å². The molecule has 5 heteroatoms. The molecule has 0 spiro atoms. The predicted octanol–water partition coefficient (Wildman–Crippen LogP) is 0.987. The summed E-state index contributed by atoms with van der Waals surface area (Å²) in [5.74, 6) is 5.63. The Bertz CT molecular complexity index is 471. The number of hydrogen-bond donors (Lipinski definition) is 2. The molecule has 0 aliphatic heterocycles. The first-order valence-corrected chi connectivity index (χ1v) is 5.50. The van der Waals surface area contributed by atoms with Gasteiger partial charge in [-0.15, -0.1) is 0 Å². The molecule has 2 aromatic heterocycles. The van der Waals surface area contributed by atoms with Gasteiger partial charge >= 0.3 is 0 Å². The van der Waals surface area contributed by atoms with Crippen LogP contribution in [0.2, 0.25) is 0 Å². The molecule has 0 bridgehead atoms. The number of rotatable bonds is 4. The molecule has 2 aromatic rings. The zero-order valence-electron chi connectivity index (χ0n) is 9.67. The third-order valence-electron chi connectivity index (χ3n) is 2.71. The fraction of sp³-hybridized carbons (Fsp3) is 0.250. The number of hydrogen-bond acceptors (Lipinski definition) is 5. The molecule has 88 valence electrons. The van der Waals surface area contributed by atoms with Gasteiger partial charge < -0.3 is 0 Å². The van der Waals surface area contributed by atoms with Crippen LogP contribution in [0.4, 0.5) is 0 Å². The van der Waals surface area contributed by atoms with Gasteiger partial charge in [0.25, 0.3) is 0 Å². The van der Waals surface area contributed by atoms with Crippen molar-refractivity contribution in [3.05, 3.63) is 53.9 Å². The lowest BCUT2D eigenvalue weighted by atomic mass is 9.97. The predicted molar refractivity (Wildman–Crippen MR) is 64.8 cm³/mol. The van der Waals surface area contributed by atoms with Crippen molar-refractivity contribution in [1.82, 2.24) is 20.4 Å². The second-order valence-electron chi connectivity index (χ2n) is 3.70. The maximum Gasteiger partial charge on any atom is 0.115 e. The van der Waals surface area contributed by atoms with Gasteiger partial charge in [-0.2, -0.15) is 0 Å². The van der Waals surface area contributed by atoms with Gasteiger partial charge in [0.15, 0.2) is 0 Å². The van der Waals surface area contributed by atoms with Crippen LogP contribution in [-0.4, -0.2) is 15.0 Å². The first-order valence-electron chi connectivity index (χ1n) is 5.50. The van der Waals surface area contributed by atoms with E-state index < -0.39 is 0 Å². The highest BCUT2D eigenvalue weighted by Crippen LogP contribution is 2.22. The summed E-state index contributed by atoms with van der Waals surface area (Å²) >= 11 is 0. The van der Waals surface area contributed by atoms with Crippen LogP contribution in [0.25, 0.3) is 0 Å². The first kappa shape index (κ1) is 11.6. The average Bonchev–Trinajstić information content (AvgIpc) is 2.41. The van der Waals surface area contributed by atoms with Crippen molar-refractivity contribution in [2.75, 3.05) is 0 Å². The van der Waals surface area contributed by atoms with E-state index in [1.54, 1.807) is 18.6 Å². The minimum Gasteiger partial charge on any atom is -0.271 e. The minimum absolute atomic E-state index is 0.103. The number of nitrogens with zero attached hydrogens (tertiary/aromatic N) is 3. The zero-order valence-corrected chi connectivity index (χ0v) is 9.67. The van der Waals surface area contributed by atoms with E-state index in [4.69, 9.17) is 5.84 Å². The average molecular weight is 229 g/mol. The Hall–Kier alpha value is -1.85. The van der Waals surface area contributed by atoms with Crippen molar-refractivity contribution in [2.24, 2.45) is 5.84 Å². The molecule has 17 heavy (non-hydrogen) atoms. The Labute approximate surface area is 100 Å². The molecule has 0 radical (unpaired) electrons. The van der Waals surface area contributed by atoms with Crippen molar-refractivity contribution >= 4 is 0 Å². The number of aryl methyl sites for hydroxylation is 1. The minimum atomic E-state index is -0.103. The Morgan fingerprint density at radius 1 is 1.24 bits per heavy atom. The highest BCUT2D eigenvalue weighted by molar-refractivity contribution is 5.33. The lowest BCUT2D eigenvalue weighted by Crippen LogP contribution is -2.29. The second-order valence-corrected chi connectivity index (χ2v) is 3.70. The van der Waals surface area contributed by atoms with E-state index in [0.29, 0.717) is 0 Å². The van der Waals surface area contributed by atoms with Crippen LogP contribution >= 0.6 is 0 Å². The van der Waals surface area contributed by atoms with Crippen LogP contribution in [0, 0.1) is 0 Å². The second kappa shape index (κ2) is 5.47. The van der Waals surface area contributed by atoms with E-state index in [1.807, 2.05) is 12.3 Å². The fourth-order valence-corrected chi connectivity index (χ4v) is 1.84. The third-order valence-corrected chi connectivity index (χ3v) is 2.71. The maximum atomic E-state index is 5.63. The highest BCUT2D eigenvalue weighted by atomic mass is 15.2. The Morgan fingerprint density at radius 3 is 2.65 bits per heavy atom. The van der Waals surface area contributed by atoms with Gasteiger partial charge in [0.2, 0.25) is 0 Å². The summed E-state index contributed by atoms with van der Waals surface area (Å²) in [4.78, 5) is 12.2. The van der Waals surface area contributed by atoms with Gasteiger partial charge in [-0.1, -0.05) is 6.92 Å². The molecule has 2 heterocycles. The molecule has 0 aliphatic rings. The number of hydrazine groups is 1. The third kappa shape index (κ3) is 2.46. The van der Waals surface area contributed by atoms with E-state index >= 15 is 0 Å². The summed E-state index contributed by atoms with van der Waals surface area (Å²) in [6, 6.07) is 1.87. The van der Waals surface area contributed by atoms with Crippen molar-refractivity contribution in [1.29, 1.82) is 0 Å². The maximum absolute atomic E-state index is 5.63. The Morgan fingerprint density at radius 2 is 2.00 bits per heavy atom. The highest BCUT2D eigenvalue weighted by Gasteiger charge is 2.15. The smallest absolute Gasteiger partial charge is 0.115 e. The summed E-state index contributed by atoms with van der Waals surface area (Å²) in [7, 11) is 0. The van der Waals surface area contributed by atoms with Gasteiger partial charge in [0, 0.05) is 30.4 Å². The van der Waals surface area contributed by atoms with Crippen molar-refractivity contribution in [2.45, 2.75) is 19.4 Å². The quantitative estimate of drug-likeness (QED) is 0.604. The molecule has 1 atom stereocenters. The SMILES string of the molecule is CCc1cnccc1C(NN)c1cncnc1. The Kier molecular flexibility index (Phi) is 3.74. The Balaban J connectivity index is 2.42. The summed E-state index contributed by atoms with van der Waals surface area (Å²) in [5, 5.41) is 0. The van der Waals surface area contributed by atoms with E-state index in [1.165, 1.54) is 11.9 Å². The van der Waals surface area contributed by atoms with Crippen LogP contribution < -0.4 is 11.3 Å². The van der Waals surface area contributed by atoms with Crippen LogP contribution in [0.15, 0.2) is 37.2 Å². The molecular weight excluding hydrogens is 214 g/mol. The molecule has 0 aromatic carbocycles. The lowest BCUT2D eigenvalue weighted by Gasteiger charge is -2.18. The molecule has 1 unspecified atom stereocenters. The number of aromatic nitrogens is 3. The molecule has 0 aliphatic carbocycles. The van der Waals surface area contributed by atoms with Crippen LogP contribution in [0.1, 0.15) is 29.7 Å². The largest absolute Gasteiger partial charge is 0.271 e. The molecule has 2 rings (SSSR count). The van der Waals surface area contributed by atoms with Gasteiger partial charge in [0.1, 0.15) is 6.33 Å². The van der Waals surface area contributed by atoms with Crippen LogP contribution in [0.3, 0.4) is 0 Å². The van der Waals surface area contributed by atoms with Gasteiger partial charge in [-0.05, 0) is 23.6 Å². The molecule has 0 fully saturated rings. The van der Waals surface area contributed by atoms with E-state index in [2.05, 4.69) is 27.3 Å². The van der Waals surface area contributed by atoms with Gasteiger partial charge in [-0.3, -0.25) is 10.8 Å².